The third kappa shape index (κ3) is 4.37. The van der Waals surface area contributed by atoms with Gasteiger partial charge < -0.3 is 18.9 Å². The Bertz CT molecular complexity index is 130. The van der Waals surface area contributed by atoms with Crippen LogP contribution in [-0.4, -0.2) is 46.4 Å². The van der Waals surface area contributed by atoms with E-state index in [1.54, 1.807) is 14.2 Å². The van der Waals surface area contributed by atoms with Crippen LogP contribution in [0.3, 0.4) is 0 Å². The fraction of sp³-hybridized carbons (Fsp3) is 1.00. The van der Waals surface area contributed by atoms with Crippen LogP contribution in [0, 0.1) is 0 Å². The lowest BCUT2D eigenvalue weighted by molar-refractivity contribution is -0.150. The van der Waals surface area contributed by atoms with E-state index in [-0.39, 0.29) is 12.4 Å². The van der Waals surface area contributed by atoms with Crippen LogP contribution in [0.25, 0.3) is 0 Å². The first kappa shape index (κ1) is 11.9. The van der Waals surface area contributed by atoms with Crippen molar-refractivity contribution in [1.82, 2.24) is 0 Å². The molecular formula is C10H20O4. The fourth-order valence-corrected chi connectivity index (χ4v) is 1.47. The van der Waals surface area contributed by atoms with E-state index in [2.05, 4.69) is 0 Å². The Morgan fingerprint density at radius 1 is 1.29 bits per heavy atom. The van der Waals surface area contributed by atoms with Crippen LogP contribution < -0.4 is 0 Å². The molecule has 1 unspecified atom stereocenters. The minimum atomic E-state index is -0.265. The van der Waals surface area contributed by atoms with Crippen LogP contribution in [0.2, 0.25) is 0 Å². The van der Waals surface area contributed by atoms with Crippen molar-refractivity contribution >= 4 is 0 Å². The molecule has 0 saturated carbocycles. The molecule has 0 N–H and O–H groups in total. The van der Waals surface area contributed by atoms with Gasteiger partial charge >= 0.3 is 0 Å². The maximum atomic E-state index is 5.52. The third-order valence-electron chi connectivity index (χ3n) is 2.36. The molecule has 1 atom stereocenters. The summed E-state index contributed by atoms with van der Waals surface area (Å²) in [7, 11) is 3.21. The van der Waals surface area contributed by atoms with Gasteiger partial charge in [-0.05, 0) is 19.3 Å². The zero-order valence-electron chi connectivity index (χ0n) is 9.03. The standard InChI is InChI=1S/C10H20O4/c1-11-10(12-2)8-13-7-9-5-3-4-6-14-9/h9-10H,3-8H2,1-2H3. The van der Waals surface area contributed by atoms with Crippen molar-refractivity contribution in [3.8, 4) is 0 Å². The lowest BCUT2D eigenvalue weighted by Gasteiger charge is -2.23. The summed E-state index contributed by atoms with van der Waals surface area (Å²) >= 11 is 0. The van der Waals surface area contributed by atoms with Crippen LogP contribution in [0.4, 0.5) is 0 Å². The highest BCUT2D eigenvalue weighted by atomic mass is 16.7. The van der Waals surface area contributed by atoms with E-state index in [1.807, 2.05) is 0 Å². The quantitative estimate of drug-likeness (QED) is 0.609. The molecule has 14 heavy (non-hydrogen) atoms. The number of hydrogen-bond donors (Lipinski definition) is 0. The monoisotopic (exact) mass is 204 g/mol. The lowest BCUT2D eigenvalue weighted by atomic mass is 10.1. The maximum absolute atomic E-state index is 5.52. The molecule has 1 rings (SSSR count). The fourth-order valence-electron chi connectivity index (χ4n) is 1.47. The molecule has 84 valence electrons. The van der Waals surface area contributed by atoms with Gasteiger partial charge in [0, 0.05) is 20.8 Å². The highest BCUT2D eigenvalue weighted by Gasteiger charge is 2.14. The highest BCUT2D eigenvalue weighted by molar-refractivity contribution is 4.62. The first-order valence-corrected chi connectivity index (χ1v) is 5.11. The molecule has 1 heterocycles. The minimum absolute atomic E-state index is 0.262. The third-order valence-corrected chi connectivity index (χ3v) is 2.36. The van der Waals surface area contributed by atoms with Gasteiger partial charge in [0.15, 0.2) is 6.29 Å². The molecule has 0 aromatic rings. The number of hydrogen-bond acceptors (Lipinski definition) is 4. The molecule has 0 radical (unpaired) electrons. The van der Waals surface area contributed by atoms with Gasteiger partial charge in [0.1, 0.15) is 0 Å². The summed E-state index contributed by atoms with van der Waals surface area (Å²) < 4.78 is 21.0. The first-order valence-electron chi connectivity index (χ1n) is 5.11. The Balaban J connectivity index is 2.01. The van der Waals surface area contributed by atoms with E-state index >= 15 is 0 Å². The summed E-state index contributed by atoms with van der Waals surface area (Å²) in [5.74, 6) is 0. The van der Waals surface area contributed by atoms with E-state index in [0.29, 0.717) is 13.2 Å². The summed E-state index contributed by atoms with van der Waals surface area (Å²) in [6, 6.07) is 0. The average Bonchev–Trinajstić information content (AvgIpc) is 2.26. The molecule has 1 aliphatic rings. The summed E-state index contributed by atoms with van der Waals surface area (Å²) in [5.41, 5.74) is 0. The van der Waals surface area contributed by atoms with Gasteiger partial charge in [0.2, 0.25) is 0 Å². The van der Waals surface area contributed by atoms with Crippen molar-refractivity contribution in [2.45, 2.75) is 31.7 Å². The van der Waals surface area contributed by atoms with Crippen LogP contribution in [0.5, 0.6) is 0 Å². The largest absolute Gasteiger partial charge is 0.376 e. The van der Waals surface area contributed by atoms with Crippen molar-refractivity contribution in [2.75, 3.05) is 34.0 Å². The summed E-state index contributed by atoms with van der Waals surface area (Å²) in [5, 5.41) is 0. The smallest absolute Gasteiger partial charge is 0.180 e. The number of methoxy groups -OCH3 is 2. The van der Waals surface area contributed by atoms with Gasteiger partial charge in [0.25, 0.3) is 0 Å². The Morgan fingerprint density at radius 3 is 2.64 bits per heavy atom. The second-order valence-corrected chi connectivity index (χ2v) is 3.43. The van der Waals surface area contributed by atoms with Crippen molar-refractivity contribution in [3.63, 3.8) is 0 Å². The second kappa shape index (κ2) is 7.17. The Hall–Kier alpha value is -0.160. The molecule has 0 aliphatic carbocycles. The van der Waals surface area contributed by atoms with Gasteiger partial charge in [-0.15, -0.1) is 0 Å². The molecule has 0 amide bonds. The molecule has 1 fully saturated rings. The van der Waals surface area contributed by atoms with Crippen LogP contribution >= 0.6 is 0 Å². The predicted molar refractivity (Wildman–Crippen MR) is 52.2 cm³/mol. The van der Waals surface area contributed by atoms with Gasteiger partial charge in [0.05, 0.1) is 19.3 Å². The Morgan fingerprint density at radius 2 is 2.07 bits per heavy atom. The Labute approximate surface area is 85.5 Å². The van der Waals surface area contributed by atoms with E-state index in [0.717, 1.165) is 13.0 Å². The van der Waals surface area contributed by atoms with Gasteiger partial charge in [-0.1, -0.05) is 0 Å². The minimum Gasteiger partial charge on any atom is -0.376 e. The molecule has 4 nitrogen and oxygen atoms in total. The van der Waals surface area contributed by atoms with E-state index in [1.165, 1.54) is 12.8 Å². The zero-order chi connectivity index (χ0) is 10.2. The van der Waals surface area contributed by atoms with E-state index < -0.39 is 0 Å². The van der Waals surface area contributed by atoms with Gasteiger partial charge in [-0.2, -0.15) is 0 Å². The molecule has 0 spiro atoms. The van der Waals surface area contributed by atoms with E-state index in [9.17, 15) is 0 Å². The molecule has 0 bridgehead atoms. The van der Waals surface area contributed by atoms with Crippen molar-refractivity contribution < 1.29 is 18.9 Å². The predicted octanol–water partition coefficient (Wildman–Crippen LogP) is 1.19. The Kier molecular flexibility index (Phi) is 6.10. The molecule has 0 aromatic carbocycles. The topological polar surface area (TPSA) is 36.9 Å². The summed E-state index contributed by atoms with van der Waals surface area (Å²) in [6.07, 6.45) is 3.52. The SMILES string of the molecule is COC(COCC1CCCCO1)OC. The van der Waals surface area contributed by atoms with E-state index in [4.69, 9.17) is 18.9 Å². The van der Waals surface area contributed by atoms with Gasteiger partial charge in [-0.25, -0.2) is 0 Å². The number of rotatable bonds is 6. The average molecular weight is 204 g/mol. The lowest BCUT2D eigenvalue weighted by Crippen LogP contribution is -2.28. The molecule has 0 aromatic heterocycles. The van der Waals surface area contributed by atoms with Crippen molar-refractivity contribution in [1.29, 1.82) is 0 Å². The van der Waals surface area contributed by atoms with Crippen molar-refractivity contribution in [3.05, 3.63) is 0 Å². The molecule has 1 aliphatic heterocycles. The summed E-state index contributed by atoms with van der Waals surface area (Å²) in [6.45, 7) is 1.97. The summed E-state index contributed by atoms with van der Waals surface area (Å²) in [4.78, 5) is 0. The van der Waals surface area contributed by atoms with Crippen LogP contribution in [-0.2, 0) is 18.9 Å². The molecule has 1 saturated heterocycles. The van der Waals surface area contributed by atoms with Crippen LogP contribution in [0.15, 0.2) is 0 Å². The maximum Gasteiger partial charge on any atom is 0.180 e. The normalized spacial score (nSPS) is 22.9. The molecule has 4 heteroatoms. The van der Waals surface area contributed by atoms with Gasteiger partial charge in [-0.3, -0.25) is 0 Å². The highest BCUT2D eigenvalue weighted by Crippen LogP contribution is 2.12. The van der Waals surface area contributed by atoms with Crippen molar-refractivity contribution in [2.24, 2.45) is 0 Å². The zero-order valence-corrected chi connectivity index (χ0v) is 9.03. The molecular weight excluding hydrogens is 184 g/mol. The second-order valence-electron chi connectivity index (χ2n) is 3.43. The first-order chi connectivity index (χ1) is 6.86. The van der Waals surface area contributed by atoms with Crippen LogP contribution in [0.1, 0.15) is 19.3 Å². The number of ether oxygens (including phenoxy) is 4.